The Hall–Kier alpha value is -2.72. The third-order valence-electron chi connectivity index (χ3n) is 6.97. The molecule has 4 heterocycles. The second-order valence-corrected chi connectivity index (χ2v) is 9.87. The molecule has 1 atom stereocenters. The molecule has 0 bridgehead atoms. The van der Waals surface area contributed by atoms with E-state index in [-0.39, 0.29) is 19.3 Å². The molecule has 0 saturated carbocycles. The summed E-state index contributed by atoms with van der Waals surface area (Å²) in [5, 5.41) is 11.6. The van der Waals surface area contributed by atoms with Gasteiger partial charge in [0.15, 0.2) is 0 Å². The first kappa shape index (κ1) is 23.0. The maximum atomic E-state index is 13.7. The fourth-order valence-electron chi connectivity index (χ4n) is 5.31. The fourth-order valence-corrected chi connectivity index (χ4v) is 5.31. The lowest BCUT2D eigenvalue weighted by atomic mass is 9.79. The summed E-state index contributed by atoms with van der Waals surface area (Å²) in [6.45, 7) is 5.81. The zero-order valence-electron chi connectivity index (χ0n) is 19.4. The number of aromatic amines is 1. The van der Waals surface area contributed by atoms with Gasteiger partial charge in [0.25, 0.3) is 6.43 Å². The van der Waals surface area contributed by atoms with Crippen molar-refractivity contribution in [3.63, 3.8) is 0 Å². The van der Waals surface area contributed by atoms with Gasteiger partial charge in [0.2, 0.25) is 0 Å². The van der Waals surface area contributed by atoms with Crippen LogP contribution in [-0.2, 0) is 6.42 Å². The van der Waals surface area contributed by atoms with Crippen molar-refractivity contribution in [1.82, 2.24) is 30.0 Å². The number of nitrogens with one attached hydrogen (secondary N) is 2. The molecule has 0 unspecified atom stereocenters. The van der Waals surface area contributed by atoms with Crippen LogP contribution in [0, 0.1) is 0 Å². The maximum absolute atomic E-state index is 13.7. The average Bonchev–Trinajstić information content (AvgIpc) is 3.25. The molecule has 182 valence electrons. The number of H-pyrrole nitrogens is 1. The van der Waals surface area contributed by atoms with E-state index in [1.54, 1.807) is 18.6 Å². The Kier molecular flexibility index (Phi) is 6.20. The number of benzene rings is 1. The number of likely N-dealkylation sites (tertiary alicyclic amines) is 1. The Morgan fingerprint density at radius 2 is 2.00 bits per heavy atom. The Bertz CT molecular complexity index is 1130. The summed E-state index contributed by atoms with van der Waals surface area (Å²) < 4.78 is 39.7. The van der Waals surface area contributed by atoms with Crippen molar-refractivity contribution in [2.75, 3.05) is 38.2 Å². The van der Waals surface area contributed by atoms with Gasteiger partial charge in [-0.25, -0.2) is 13.8 Å². The SMILES string of the molecule is CC1(C)Cc2c(ccc3[nH]ncc23)[C@@H](c2cnc(NC3CN(CCCF)C3)cn2)N1CC(F)F. The quantitative estimate of drug-likeness (QED) is 0.519. The van der Waals surface area contributed by atoms with Crippen LogP contribution in [0.4, 0.5) is 19.0 Å². The number of aromatic nitrogens is 4. The van der Waals surface area contributed by atoms with E-state index in [9.17, 15) is 13.2 Å². The van der Waals surface area contributed by atoms with E-state index in [1.165, 1.54) is 0 Å². The Morgan fingerprint density at radius 1 is 1.18 bits per heavy atom. The molecule has 1 saturated heterocycles. The fraction of sp³-hybridized carbons (Fsp3) is 0.542. The molecular weight excluding hydrogens is 443 g/mol. The lowest BCUT2D eigenvalue weighted by Gasteiger charge is -2.48. The monoisotopic (exact) mass is 473 g/mol. The minimum Gasteiger partial charge on any atom is -0.363 e. The van der Waals surface area contributed by atoms with Gasteiger partial charge in [-0.1, -0.05) is 6.07 Å². The molecule has 1 aromatic carbocycles. The van der Waals surface area contributed by atoms with Crippen molar-refractivity contribution in [1.29, 1.82) is 0 Å². The van der Waals surface area contributed by atoms with Crippen LogP contribution in [0.15, 0.2) is 30.7 Å². The molecule has 3 aromatic rings. The smallest absolute Gasteiger partial charge is 0.251 e. The predicted molar refractivity (Wildman–Crippen MR) is 125 cm³/mol. The summed E-state index contributed by atoms with van der Waals surface area (Å²) >= 11 is 0. The van der Waals surface area contributed by atoms with Crippen LogP contribution in [0.5, 0.6) is 0 Å². The molecule has 2 N–H and O–H groups in total. The Balaban J connectivity index is 1.42. The minimum absolute atomic E-state index is 0.249. The maximum Gasteiger partial charge on any atom is 0.251 e. The number of alkyl halides is 3. The first-order valence-electron chi connectivity index (χ1n) is 11.7. The number of nitrogens with zero attached hydrogens (tertiary/aromatic N) is 5. The third-order valence-corrected chi connectivity index (χ3v) is 6.97. The number of fused-ring (bicyclic) bond motifs is 3. The van der Waals surface area contributed by atoms with E-state index >= 15 is 0 Å². The van der Waals surface area contributed by atoms with Crippen LogP contribution in [0.25, 0.3) is 10.9 Å². The summed E-state index contributed by atoms with van der Waals surface area (Å²) in [6.07, 6.45) is 3.90. The van der Waals surface area contributed by atoms with E-state index < -0.39 is 18.0 Å². The van der Waals surface area contributed by atoms with E-state index in [1.807, 2.05) is 30.9 Å². The molecule has 0 radical (unpaired) electrons. The molecule has 5 rings (SSSR count). The highest BCUT2D eigenvalue weighted by Gasteiger charge is 2.43. The summed E-state index contributed by atoms with van der Waals surface area (Å²) in [5.41, 5.74) is 3.14. The molecule has 7 nitrogen and oxygen atoms in total. The van der Waals surface area contributed by atoms with Gasteiger partial charge in [-0.15, -0.1) is 0 Å². The second-order valence-electron chi connectivity index (χ2n) is 9.87. The topological polar surface area (TPSA) is 73.0 Å². The molecule has 1 fully saturated rings. The van der Waals surface area contributed by atoms with Gasteiger partial charge in [0.05, 0.1) is 55.1 Å². The number of hydrogen-bond donors (Lipinski definition) is 2. The lowest BCUT2D eigenvalue weighted by Crippen LogP contribution is -2.55. The van der Waals surface area contributed by atoms with Gasteiger partial charge in [-0.2, -0.15) is 5.10 Å². The van der Waals surface area contributed by atoms with E-state index in [0.717, 1.165) is 41.7 Å². The number of rotatable bonds is 8. The molecule has 2 aromatic heterocycles. The van der Waals surface area contributed by atoms with E-state index in [4.69, 9.17) is 0 Å². The van der Waals surface area contributed by atoms with Crippen molar-refractivity contribution in [3.05, 3.63) is 47.5 Å². The van der Waals surface area contributed by atoms with Crippen LogP contribution in [0.1, 0.15) is 43.1 Å². The highest BCUT2D eigenvalue weighted by Crippen LogP contribution is 2.44. The standard InChI is InChI=1S/C24H30F3N7/c1-24(2)8-17-16(4-5-19-18(17)9-30-32-19)23(34(24)14-21(26)27)20-10-29-22(11-28-20)31-15-12-33(13-15)7-3-6-25/h4-5,9-11,15,21,23H,3,6-8,12-14H2,1-2H3,(H,29,31)(H,30,32)/t23-/m0/s1. The molecule has 2 aliphatic heterocycles. The normalized spacial score (nSPS) is 21.1. The van der Waals surface area contributed by atoms with Gasteiger partial charge < -0.3 is 5.32 Å². The minimum atomic E-state index is -2.46. The van der Waals surface area contributed by atoms with Gasteiger partial charge in [-0.05, 0) is 43.9 Å². The number of halogens is 3. The lowest BCUT2D eigenvalue weighted by molar-refractivity contribution is 0.00488. The molecule has 0 aliphatic carbocycles. The highest BCUT2D eigenvalue weighted by molar-refractivity contribution is 5.83. The van der Waals surface area contributed by atoms with Gasteiger partial charge in [0, 0.05) is 30.6 Å². The van der Waals surface area contributed by atoms with Crippen molar-refractivity contribution >= 4 is 16.7 Å². The van der Waals surface area contributed by atoms with Crippen molar-refractivity contribution in [2.24, 2.45) is 0 Å². The first-order valence-corrected chi connectivity index (χ1v) is 11.7. The van der Waals surface area contributed by atoms with Crippen LogP contribution in [0.3, 0.4) is 0 Å². The zero-order chi connectivity index (χ0) is 23.9. The Labute approximate surface area is 196 Å². The largest absolute Gasteiger partial charge is 0.363 e. The van der Waals surface area contributed by atoms with Crippen molar-refractivity contribution in [3.8, 4) is 0 Å². The average molecular weight is 474 g/mol. The van der Waals surface area contributed by atoms with Crippen molar-refractivity contribution < 1.29 is 13.2 Å². The third kappa shape index (κ3) is 4.36. The first-order chi connectivity index (χ1) is 16.4. The Morgan fingerprint density at radius 3 is 2.71 bits per heavy atom. The van der Waals surface area contributed by atoms with Crippen LogP contribution < -0.4 is 5.32 Å². The van der Waals surface area contributed by atoms with E-state index in [2.05, 4.69) is 30.4 Å². The summed E-state index contributed by atoms with van der Waals surface area (Å²) in [4.78, 5) is 13.3. The molecule has 0 amide bonds. The van der Waals surface area contributed by atoms with Crippen molar-refractivity contribution in [2.45, 2.75) is 50.7 Å². The molecule has 0 spiro atoms. The van der Waals surface area contributed by atoms with E-state index in [0.29, 0.717) is 24.4 Å². The number of anilines is 1. The summed E-state index contributed by atoms with van der Waals surface area (Å²) in [5.74, 6) is 0.653. The molecule has 2 aliphatic rings. The molecular formula is C24H30F3N7. The number of hydrogen-bond acceptors (Lipinski definition) is 6. The van der Waals surface area contributed by atoms with Crippen LogP contribution in [-0.4, -0.2) is 80.8 Å². The molecule has 34 heavy (non-hydrogen) atoms. The summed E-state index contributed by atoms with van der Waals surface area (Å²) in [7, 11) is 0. The summed E-state index contributed by atoms with van der Waals surface area (Å²) in [6, 6.07) is 3.75. The van der Waals surface area contributed by atoms with Gasteiger partial charge in [0.1, 0.15) is 5.82 Å². The zero-order valence-corrected chi connectivity index (χ0v) is 19.4. The molecule has 10 heteroatoms. The second kappa shape index (κ2) is 9.14. The van der Waals surface area contributed by atoms with Gasteiger partial charge >= 0.3 is 0 Å². The van der Waals surface area contributed by atoms with Crippen LogP contribution in [0.2, 0.25) is 0 Å². The van der Waals surface area contributed by atoms with Gasteiger partial charge in [-0.3, -0.25) is 24.3 Å². The van der Waals surface area contributed by atoms with Crippen LogP contribution >= 0.6 is 0 Å². The predicted octanol–water partition coefficient (Wildman–Crippen LogP) is 3.80. The highest BCUT2D eigenvalue weighted by atomic mass is 19.3.